The van der Waals surface area contributed by atoms with Gasteiger partial charge in [0.25, 0.3) is 0 Å². The van der Waals surface area contributed by atoms with Gasteiger partial charge in [0.2, 0.25) is 5.16 Å². The number of aromatic nitrogens is 3. The van der Waals surface area contributed by atoms with Crippen molar-refractivity contribution in [2.75, 3.05) is 0 Å². The second-order valence-corrected chi connectivity index (χ2v) is 5.51. The predicted molar refractivity (Wildman–Crippen MR) is 71.3 cm³/mol. The first-order valence-corrected chi connectivity index (χ1v) is 7.08. The van der Waals surface area contributed by atoms with Gasteiger partial charge in [0.15, 0.2) is 0 Å². The standard InChI is InChI=1S/C13H13N3O2S/c17-12(18)10-3-1-2-8(6-10)7-19-13-14-11(15-16-13)9-4-5-9/h1-3,6,9H,4-5,7H2,(H,17,18)(H,14,15,16). The van der Waals surface area contributed by atoms with Gasteiger partial charge in [-0.3, -0.25) is 5.10 Å². The highest BCUT2D eigenvalue weighted by molar-refractivity contribution is 7.98. The van der Waals surface area contributed by atoms with Crippen molar-refractivity contribution < 1.29 is 9.90 Å². The molecule has 1 aliphatic rings. The summed E-state index contributed by atoms with van der Waals surface area (Å²) in [4.78, 5) is 15.3. The zero-order valence-corrected chi connectivity index (χ0v) is 11.0. The van der Waals surface area contributed by atoms with Crippen LogP contribution in [0.15, 0.2) is 29.4 Å². The van der Waals surface area contributed by atoms with Gasteiger partial charge < -0.3 is 5.11 Å². The highest BCUT2D eigenvalue weighted by atomic mass is 32.2. The lowest BCUT2D eigenvalue weighted by Crippen LogP contribution is -1.96. The van der Waals surface area contributed by atoms with E-state index in [2.05, 4.69) is 15.2 Å². The highest BCUT2D eigenvalue weighted by Gasteiger charge is 2.27. The minimum atomic E-state index is -0.902. The van der Waals surface area contributed by atoms with Crippen molar-refractivity contribution >= 4 is 17.7 Å². The maximum Gasteiger partial charge on any atom is 0.335 e. The van der Waals surface area contributed by atoms with Crippen LogP contribution in [0.1, 0.15) is 40.5 Å². The van der Waals surface area contributed by atoms with Gasteiger partial charge in [-0.25, -0.2) is 9.78 Å². The number of carbonyl (C=O) groups is 1. The van der Waals surface area contributed by atoms with E-state index in [0.717, 1.165) is 16.5 Å². The van der Waals surface area contributed by atoms with Crippen LogP contribution in [-0.2, 0) is 5.75 Å². The Morgan fingerprint density at radius 1 is 1.47 bits per heavy atom. The summed E-state index contributed by atoms with van der Waals surface area (Å²) in [6.45, 7) is 0. The van der Waals surface area contributed by atoms with Crippen molar-refractivity contribution in [2.45, 2.75) is 29.7 Å². The highest BCUT2D eigenvalue weighted by Crippen LogP contribution is 2.38. The number of benzene rings is 1. The van der Waals surface area contributed by atoms with Crippen LogP contribution >= 0.6 is 11.8 Å². The van der Waals surface area contributed by atoms with Crippen LogP contribution in [-0.4, -0.2) is 26.3 Å². The van der Waals surface area contributed by atoms with Crippen LogP contribution in [0.3, 0.4) is 0 Å². The van der Waals surface area contributed by atoms with Crippen LogP contribution in [0.5, 0.6) is 0 Å². The number of nitrogens with zero attached hydrogens (tertiary/aromatic N) is 2. The van der Waals surface area contributed by atoms with Crippen molar-refractivity contribution in [3.8, 4) is 0 Å². The molecule has 2 N–H and O–H groups in total. The predicted octanol–water partition coefficient (Wildman–Crippen LogP) is 2.67. The quantitative estimate of drug-likeness (QED) is 0.820. The number of hydrogen-bond acceptors (Lipinski definition) is 4. The maximum atomic E-state index is 10.9. The van der Waals surface area contributed by atoms with Gasteiger partial charge in [-0.05, 0) is 30.5 Å². The number of H-pyrrole nitrogens is 1. The third-order valence-corrected chi connectivity index (χ3v) is 3.91. The van der Waals surface area contributed by atoms with Crippen molar-refractivity contribution in [1.29, 1.82) is 0 Å². The molecule has 0 spiro atoms. The smallest absolute Gasteiger partial charge is 0.335 e. The Hall–Kier alpha value is -1.82. The van der Waals surface area contributed by atoms with E-state index in [9.17, 15) is 4.79 Å². The Labute approximate surface area is 114 Å². The Morgan fingerprint density at radius 2 is 2.32 bits per heavy atom. The zero-order chi connectivity index (χ0) is 13.2. The minimum absolute atomic E-state index is 0.312. The topological polar surface area (TPSA) is 78.9 Å². The van der Waals surface area contributed by atoms with Crippen LogP contribution in [0.2, 0.25) is 0 Å². The van der Waals surface area contributed by atoms with Gasteiger partial charge in [0.1, 0.15) is 5.82 Å². The monoisotopic (exact) mass is 275 g/mol. The van der Waals surface area contributed by atoms with Crippen molar-refractivity contribution in [3.05, 3.63) is 41.2 Å². The van der Waals surface area contributed by atoms with Crippen LogP contribution in [0.25, 0.3) is 0 Å². The van der Waals surface area contributed by atoms with Gasteiger partial charge in [0.05, 0.1) is 5.56 Å². The number of hydrogen-bond donors (Lipinski definition) is 2. The number of nitrogens with one attached hydrogen (secondary N) is 1. The van der Waals surface area contributed by atoms with Gasteiger partial charge in [-0.15, -0.1) is 5.10 Å². The molecule has 98 valence electrons. The van der Waals surface area contributed by atoms with Crippen molar-refractivity contribution in [1.82, 2.24) is 15.2 Å². The fourth-order valence-electron chi connectivity index (χ4n) is 1.80. The molecule has 0 atom stereocenters. The van der Waals surface area contributed by atoms with Crippen LogP contribution in [0.4, 0.5) is 0 Å². The van der Waals surface area contributed by atoms with Gasteiger partial charge in [-0.2, -0.15) is 0 Å². The fraction of sp³-hybridized carbons (Fsp3) is 0.308. The summed E-state index contributed by atoms with van der Waals surface area (Å²) in [5.41, 5.74) is 1.27. The molecule has 0 unspecified atom stereocenters. The van der Waals surface area contributed by atoms with E-state index in [1.54, 1.807) is 18.2 Å². The third kappa shape index (κ3) is 2.96. The molecule has 1 fully saturated rings. The lowest BCUT2D eigenvalue weighted by molar-refractivity contribution is 0.0697. The molecule has 0 radical (unpaired) electrons. The van der Waals surface area contributed by atoms with E-state index in [4.69, 9.17) is 5.11 Å². The summed E-state index contributed by atoms with van der Waals surface area (Å²) in [6.07, 6.45) is 2.39. The molecule has 0 amide bonds. The molecule has 6 heteroatoms. The molecule has 0 aliphatic heterocycles. The molecule has 1 saturated carbocycles. The van der Waals surface area contributed by atoms with Gasteiger partial charge in [-0.1, -0.05) is 23.9 Å². The first-order chi connectivity index (χ1) is 9.22. The number of rotatable bonds is 5. The summed E-state index contributed by atoms with van der Waals surface area (Å²) < 4.78 is 0. The fourth-order valence-corrected chi connectivity index (χ4v) is 2.55. The number of aromatic carboxylic acids is 1. The molecule has 1 aliphatic carbocycles. The summed E-state index contributed by atoms with van der Waals surface area (Å²) in [5.74, 6) is 1.31. The molecular weight excluding hydrogens is 262 g/mol. The Kier molecular flexibility index (Phi) is 3.25. The van der Waals surface area contributed by atoms with E-state index >= 15 is 0 Å². The second kappa shape index (κ2) is 5.05. The summed E-state index contributed by atoms with van der Waals surface area (Å²) in [7, 11) is 0. The van der Waals surface area contributed by atoms with E-state index in [-0.39, 0.29) is 0 Å². The second-order valence-electron chi connectivity index (χ2n) is 4.57. The normalized spacial score (nSPS) is 14.5. The molecule has 2 aromatic rings. The molecule has 19 heavy (non-hydrogen) atoms. The third-order valence-electron chi connectivity index (χ3n) is 2.99. The molecule has 1 aromatic carbocycles. The molecule has 1 heterocycles. The van der Waals surface area contributed by atoms with Crippen LogP contribution < -0.4 is 0 Å². The van der Waals surface area contributed by atoms with Crippen LogP contribution in [0, 0.1) is 0 Å². The largest absolute Gasteiger partial charge is 0.478 e. The lowest BCUT2D eigenvalue weighted by atomic mass is 10.1. The van der Waals surface area contributed by atoms with Crippen molar-refractivity contribution in [2.24, 2.45) is 0 Å². The van der Waals surface area contributed by atoms with Gasteiger partial charge in [0, 0.05) is 11.7 Å². The number of thioether (sulfide) groups is 1. The first kappa shape index (κ1) is 12.2. The Morgan fingerprint density at radius 3 is 3.05 bits per heavy atom. The van der Waals surface area contributed by atoms with E-state index < -0.39 is 5.97 Å². The zero-order valence-electron chi connectivity index (χ0n) is 10.2. The van der Waals surface area contributed by atoms with Crippen molar-refractivity contribution in [3.63, 3.8) is 0 Å². The molecule has 0 bridgehead atoms. The van der Waals surface area contributed by atoms with E-state index in [0.29, 0.717) is 17.2 Å². The molecule has 3 rings (SSSR count). The Bertz CT molecular complexity index is 607. The van der Waals surface area contributed by atoms with E-state index in [1.165, 1.54) is 24.6 Å². The summed E-state index contributed by atoms with van der Waals surface area (Å²) >= 11 is 1.51. The molecule has 1 aromatic heterocycles. The van der Waals surface area contributed by atoms with E-state index in [1.807, 2.05) is 6.07 Å². The SMILES string of the molecule is O=C(O)c1cccc(CSc2n[nH]c(C3CC3)n2)c1. The lowest BCUT2D eigenvalue weighted by Gasteiger charge is -2.00. The average molecular weight is 275 g/mol. The van der Waals surface area contributed by atoms with Gasteiger partial charge >= 0.3 is 5.97 Å². The maximum absolute atomic E-state index is 10.9. The molecule has 5 nitrogen and oxygen atoms in total. The average Bonchev–Trinajstić information content (AvgIpc) is 3.16. The summed E-state index contributed by atoms with van der Waals surface area (Å²) in [6, 6.07) is 6.94. The first-order valence-electron chi connectivity index (χ1n) is 6.10. The number of carboxylic acid groups (broad SMARTS) is 1. The molecule has 0 saturated heterocycles. The Balaban J connectivity index is 1.64. The number of aromatic amines is 1. The summed E-state index contributed by atoms with van der Waals surface area (Å²) in [5, 5.41) is 16.8. The molecular formula is C13H13N3O2S. The minimum Gasteiger partial charge on any atom is -0.478 e. The number of carboxylic acids is 1.